The fourth-order valence-corrected chi connectivity index (χ4v) is 3.87. The standard InChI is InChI=1S/C20H26N2O4/c1-2-26-20(25)16-10-6-7-11-17(16)21-19(24)14-12-18(23)22(13-14)15-8-4-3-5-9-15/h6-7,10-11,14-15H,2-5,8-9,12-13H2,1H3,(H,21,24)/t14-/m0/s1. The zero-order valence-corrected chi connectivity index (χ0v) is 15.2. The van der Waals surface area contributed by atoms with Gasteiger partial charge in [0.05, 0.1) is 23.8 Å². The van der Waals surface area contributed by atoms with Gasteiger partial charge in [-0.05, 0) is 31.9 Å². The van der Waals surface area contributed by atoms with E-state index in [4.69, 9.17) is 4.74 Å². The number of carbonyl (C=O) groups excluding carboxylic acids is 3. The number of esters is 1. The van der Waals surface area contributed by atoms with Crippen LogP contribution < -0.4 is 5.32 Å². The molecule has 1 aromatic rings. The fourth-order valence-electron chi connectivity index (χ4n) is 3.87. The number of nitrogens with one attached hydrogen (secondary N) is 1. The SMILES string of the molecule is CCOC(=O)c1ccccc1NC(=O)[C@H]1CC(=O)N(C2CCCCC2)C1. The number of anilines is 1. The van der Waals surface area contributed by atoms with Gasteiger partial charge in [-0.25, -0.2) is 4.79 Å². The summed E-state index contributed by atoms with van der Waals surface area (Å²) in [5.41, 5.74) is 0.760. The number of benzene rings is 1. The van der Waals surface area contributed by atoms with Gasteiger partial charge in [-0.1, -0.05) is 31.4 Å². The van der Waals surface area contributed by atoms with Crippen molar-refractivity contribution in [3.05, 3.63) is 29.8 Å². The molecule has 1 atom stereocenters. The lowest BCUT2D eigenvalue weighted by Crippen LogP contribution is -2.38. The maximum absolute atomic E-state index is 12.7. The summed E-state index contributed by atoms with van der Waals surface area (Å²) in [6.07, 6.45) is 5.84. The molecule has 3 rings (SSSR count). The van der Waals surface area contributed by atoms with Crippen LogP contribution in [0.25, 0.3) is 0 Å². The molecule has 1 N–H and O–H groups in total. The van der Waals surface area contributed by atoms with E-state index < -0.39 is 5.97 Å². The lowest BCUT2D eigenvalue weighted by Gasteiger charge is -2.31. The van der Waals surface area contributed by atoms with Gasteiger partial charge in [-0.3, -0.25) is 9.59 Å². The monoisotopic (exact) mass is 358 g/mol. The molecule has 1 aliphatic heterocycles. The number of nitrogens with zero attached hydrogens (tertiary/aromatic N) is 1. The molecule has 1 aromatic carbocycles. The molecular formula is C20H26N2O4. The molecule has 0 bridgehead atoms. The Morgan fingerprint density at radius 3 is 2.65 bits per heavy atom. The third-order valence-electron chi connectivity index (χ3n) is 5.22. The van der Waals surface area contributed by atoms with Crippen LogP contribution in [0.15, 0.2) is 24.3 Å². The van der Waals surface area contributed by atoms with Crippen LogP contribution in [0.3, 0.4) is 0 Å². The number of carbonyl (C=O) groups is 3. The number of para-hydroxylation sites is 1. The van der Waals surface area contributed by atoms with Crippen LogP contribution in [0.2, 0.25) is 0 Å². The number of ether oxygens (including phenoxy) is 1. The van der Waals surface area contributed by atoms with Gasteiger partial charge in [0.15, 0.2) is 0 Å². The highest BCUT2D eigenvalue weighted by Crippen LogP contribution is 2.29. The largest absolute Gasteiger partial charge is 0.462 e. The van der Waals surface area contributed by atoms with E-state index in [2.05, 4.69) is 5.32 Å². The van der Waals surface area contributed by atoms with Crippen molar-refractivity contribution in [2.75, 3.05) is 18.5 Å². The van der Waals surface area contributed by atoms with Crippen molar-refractivity contribution in [1.29, 1.82) is 0 Å². The highest BCUT2D eigenvalue weighted by molar-refractivity contribution is 6.03. The van der Waals surface area contributed by atoms with Gasteiger partial charge in [0, 0.05) is 19.0 Å². The van der Waals surface area contributed by atoms with Gasteiger partial charge >= 0.3 is 5.97 Å². The molecule has 2 aliphatic rings. The molecule has 1 heterocycles. The second-order valence-electron chi connectivity index (χ2n) is 6.99. The van der Waals surface area contributed by atoms with Crippen LogP contribution >= 0.6 is 0 Å². The Labute approximate surface area is 153 Å². The van der Waals surface area contributed by atoms with Gasteiger partial charge in [-0.2, -0.15) is 0 Å². The summed E-state index contributed by atoms with van der Waals surface area (Å²) in [5, 5.41) is 2.82. The second-order valence-corrected chi connectivity index (χ2v) is 6.99. The minimum absolute atomic E-state index is 0.0655. The summed E-state index contributed by atoms with van der Waals surface area (Å²) in [7, 11) is 0. The van der Waals surface area contributed by atoms with Crippen LogP contribution in [0.4, 0.5) is 5.69 Å². The Balaban J connectivity index is 1.66. The normalized spacial score (nSPS) is 20.9. The first-order valence-electron chi connectivity index (χ1n) is 9.46. The first kappa shape index (κ1) is 18.4. The number of hydrogen-bond donors (Lipinski definition) is 1. The Bertz CT molecular complexity index is 682. The summed E-state index contributed by atoms with van der Waals surface area (Å²) >= 11 is 0. The number of hydrogen-bond acceptors (Lipinski definition) is 4. The van der Waals surface area contributed by atoms with Crippen LogP contribution in [0.1, 0.15) is 55.8 Å². The van der Waals surface area contributed by atoms with E-state index in [9.17, 15) is 14.4 Å². The highest BCUT2D eigenvalue weighted by Gasteiger charge is 2.38. The molecule has 1 aliphatic carbocycles. The highest BCUT2D eigenvalue weighted by atomic mass is 16.5. The minimum atomic E-state index is -0.463. The van der Waals surface area contributed by atoms with Crippen molar-refractivity contribution in [2.24, 2.45) is 5.92 Å². The second kappa shape index (κ2) is 8.34. The van der Waals surface area contributed by atoms with Crippen LogP contribution in [-0.2, 0) is 14.3 Å². The molecular weight excluding hydrogens is 332 g/mol. The first-order chi connectivity index (χ1) is 12.6. The van der Waals surface area contributed by atoms with Crippen molar-refractivity contribution in [3.63, 3.8) is 0 Å². The number of amides is 2. The third-order valence-corrected chi connectivity index (χ3v) is 5.22. The molecule has 0 unspecified atom stereocenters. The van der Waals surface area contributed by atoms with Crippen molar-refractivity contribution >= 4 is 23.5 Å². The lowest BCUT2D eigenvalue weighted by atomic mass is 9.94. The lowest BCUT2D eigenvalue weighted by molar-refractivity contribution is -0.130. The van der Waals surface area contributed by atoms with Gasteiger partial charge < -0.3 is 15.0 Å². The maximum atomic E-state index is 12.7. The molecule has 0 spiro atoms. The van der Waals surface area contributed by atoms with E-state index in [0.717, 1.165) is 25.7 Å². The first-order valence-corrected chi connectivity index (χ1v) is 9.46. The predicted octanol–water partition coefficient (Wildman–Crippen LogP) is 2.98. The molecule has 0 aromatic heterocycles. The quantitative estimate of drug-likeness (QED) is 0.821. The smallest absolute Gasteiger partial charge is 0.340 e. The summed E-state index contributed by atoms with van der Waals surface area (Å²) < 4.78 is 5.04. The Morgan fingerprint density at radius 1 is 1.19 bits per heavy atom. The molecule has 26 heavy (non-hydrogen) atoms. The zero-order chi connectivity index (χ0) is 18.5. The van der Waals surface area contributed by atoms with Crippen molar-refractivity contribution in [3.8, 4) is 0 Å². The average Bonchev–Trinajstić information content (AvgIpc) is 3.05. The van der Waals surface area contributed by atoms with Gasteiger partial charge in [0.25, 0.3) is 0 Å². The molecule has 0 radical (unpaired) electrons. The number of likely N-dealkylation sites (tertiary alicyclic amines) is 1. The van der Waals surface area contributed by atoms with Crippen molar-refractivity contribution in [2.45, 2.75) is 51.5 Å². The summed E-state index contributed by atoms with van der Waals surface area (Å²) in [6.45, 7) is 2.48. The Morgan fingerprint density at radius 2 is 1.92 bits per heavy atom. The van der Waals surface area contributed by atoms with E-state index in [-0.39, 0.29) is 36.8 Å². The summed E-state index contributed by atoms with van der Waals surface area (Å²) in [6, 6.07) is 7.07. The summed E-state index contributed by atoms with van der Waals surface area (Å²) in [4.78, 5) is 39.0. The van der Waals surface area contributed by atoms with E-state index in [1.165, 1.54) is 6.42 Å². The van der Waals surface area contributed by atoms with Gasteiger partial charge in [-0.15, -0.1) is 0 Å². The third kappa shape index (κ3) is 4.06. The average molecular weight is 358 g/mol. The van der Waals surface area contributed by atoms with E-state index in [0.29, 0.717) is 17.8 Å². The predicted molar refractivity (Wildman–Crippen MR) is 97.7 cm³/mol. The Kier molecular flexibility index (Phi) is 5.91. The van der Waals surface area contributed by atoms with E-state index in [1.54, 1.807) is 31.2 Å². The molecule has 1 saturated carbocycles. The van der Waals surface area contributed by atoms with Crippen LogP contribution in [-0.4, -0.2) is 41.9 Å². The van der Waals surface area contributed by atoms with E-state index >= 15 is 0 Å². The van der Waals surface area contributed by atoms with Crippen molar-refractivity contribution < 1.29 is 19.1 Å². The molecule has 2 amide bonds. The van der Waals surface area contributed by atoms with Gasteiger partial charge in [0.2, 0.25) is 11.8 Å². The molecule has 1 saturated heterocycles. The van der Waals surface area contributed by atoms with Crippen molar-refractivity contribution in [1.82, 2.24) is 4.90 Å². The summed E-state index contributed by atoms with van der Waals surface area (Å²) in [5.74, 6) is -0.987. The molecule has 6 nitrogen and oxygen atoms in total. The minimum Gasteiger partial charge on any atom is -0.462 e. The van der Waals surface area contributed by atoms with Crippen LogP contribution in [0, 0.1) is 5.92 Å². The van der Waals surface area contributed by atoms with Crippen LogP contribution in [0.5, 0.6) is 0 Å². The van der Waals surface area contributed by atoms with E-state index in [1.807, 2.05) is 4.90 Å². The topological polar surface area (TPSA) is 75.7 Å². The molecule has 2 fully saturated rings. The molecule has 6 heteroatoms. The molecule has 140 valence electrons. The maximum Gasteiger partial charge on any atom is 0.340 e. The Hall–Kier alpha value is -2.37. The fraction of sp³-hybridized carbons (Fsp3) is 0.550. The van der Waals surface area contributed by atoms with Gasteiger partial charge in [0.1, 0.15) is 0 Å². The zero-order valence-electron chi connectivity index (χ0n) is 15.2. The number of rotatable bonds is 5.